The van der Waals surface area contributed by atoms with Crippen LogP contribution in [0.25, 0.3) is 11.1 Å². The number of pyridine rings is 1. The number of hydrogen-bond donors (Lipinski definition) is 0. The normalized spacial score (nSPS) is 14.4. The summed E-state index contributed by atoms with van der Waals surface area (Å²) in [6.45, 7) is 3.47. The van der Waals surface area contributed by atoms with Gasteiger partial charge in [0.25, 0.3) is 5.91 Å². The van der Waals surface area contributed by atoms with Crippen LogP contribution in [0.1, 0.15) is 40.5 Å². The van der Waals surface area contributed by atoms with Crippen molar-refractivity contribution in [1.29, 1.82) is 0 Å². The first-order valence-corrected chi connectivity index (χ1v) is 10.6. The summed E-state index contributed by atoms with van der Waals surface area (Å²) in [7, 11) is 3.27. The first-order valence-electron chi connectivity index (χ1n) is 10.6. The molecule has 0 spiro atoms. The number of carbonyl (C=O) groups excluding carboxylic acids is 1. The van der Waals surface area contributed by atoms with Crippen molar-refractivity contribution in [1.82, 2.24) is 9.88 Å². The predicted molar refractivity (Wildman–Crippen MR) is 122 cm³/mol. The van der Waals surface area contributed by atoms with Crippen molar-refractivity contribution in [3.63, 3.8) is 0 Å². The summed E-state index contributed by atoms with van der Waals surface area (Å²) in [5.74, 6) is 1.85. The highest BCUT2D eigenvalue weighted by Crippen LogP contribution is 2.32. The van der Waals surface area contributed by atoms with Gasteiger partial charge in [0.2, 0.25) is 0 Å². The van der Waals surface area contributed by atoms with Gasteiger partial charge in [0.15, 0.2) is 0 Å². The number of methoxy groups -OCH3 is 2. The van der Waals surface area contributed by atoms with Crippen LogP contribution >= 0.6 is 0 Å². The highest BCUT2D eigenvalue weighted by molar-refractivity contribution is 5.97. The van der Waals surface area contributed by atoms with E-state index in [1.165, 1.54) is 0 Å². The molecule has 1 fully saturated rings. The van der Waals surface area contributed by atoms with E-state index in [4.69, 9.17) is 14.5 Å². The highest BCUT2D eigenvalue weighted by atomic mass is 16.5. The fraction of sp³-hybridized carbons (Fsp3) is 0.308. The minimum atomic E-state index is 0.0343. The van der Waals surface area contributed by atoms with Crippen molar-refractivity contribution in [2.24, 2.45) is 0 Å². The van der Waals surface area contributed by atoms with Crippen LogP contribution in [0, 0.1) is 6.92 Å². The lowest BCUT2D eigenvalue weighted by molar-refractivity contribution is 0.0708. The van der Waals surface area contributed by atoms with Crippen LogP contribution in [-0.2, 0) is 0 Å². The van der Waals surface area contributed by atoms with E-state index in [1.807, 2.05) is 48.2 Å². The van der Waals surface area contributed by atoms with E-state index >= 15 is 0 Å². The predicted octanol–water partition coefficient (Wildman–Crippen LogP) is 5.09. The molecule has 0 saturated carbocycles. The van der Waals surface area contributed by atoms with Crippen LogP contribution in [0.4, 0.5) is 0 Å². The molecule has 1 aliphatic rings. The lowest BCUT2D eigenvalue weighted by atomic mass is 9.91. The van der Waals surface area contributed by atoms with Gasteiger partial charge in [-0.1, -0.05) is 24.3 Å². The van der Waals surface area contributed by atoms with E-state index in [2.05, 4.69) is 24.3 Å². The molecular formula is C26H28N2O3. The molecule has 1 aromatic heterocycles. The quantitative estimate of drug-likeness (QED) is 0.581. The Kier molecular flexibility index (Phi) is 6.21. The minimum Gasteiger partial charge on any atom is -0.497 e. The smallest absolute Gasteiger partial charge is 0.257 e. The number of ether oxygens (including phenoxy) is 2. The van der Waals surface area contributed by atoms with Crippen molar-refractivity contribution in [3.8, 4) is 22.6 Å². The number of piperidine rings is 1. The van der Waals surface area contributed by atoms with Crippen LogP contribution in [0.5, 0.6) is 11.5 Å². The molecule has 0 radical (unpaired) electrons. The Hall–Kier alpha value is -3.34. The van der Waals surface area contributed by atoms with Crippen LogP contribution in [-0.4, -0.2) is 43.1 Å². The van der Waals surface area contributed by atoms with Crippen LogP contribution in [0.2, 0.25) is 0 Å². The fourth-order valence-corrected chi connectivity index (χ4v) is 4.22. The summed E-state index contributed by atoms with van der Waals surface area (Å²) in [6.07, 6.45) is 1.80. The van der Waals surface area contributed by atoms with Gasteiger partial charge in [0.05, 0.1) is 19.8 Å². The lowest BCUT2D eigenvalue weighted by Gasteiger charge is -2.32. The Balaban J connectivity index is 1.48. The third kappa shape index (κ3) is 4.55. The molecule has 0 aliphatic carbocycles. The molecule has 0 unspecified atom stereocenters. The monoisotopic (exact) mass is 416 g/mol. The number of aromatic nitrogens is 1. The molecule has 5 heteroatoms. The van der Waals surface area contributed by atoms with Crippen LogP contribution < -0.4 is 9.47 Å². The number of aryl methyl sites for hydroxylation is 1. The number of para-hydroxylation sites is 1. The first-order chi connectivity index (χ1) is 15.1. The molecule has 1 amide bonds. The van der Waals surface area contributed by atoms with Gasteiger partial charge in [-0.15, -0.1) is 0 Å². The third-order valence-corrected chi connectivity index (χ3v) is 5.93. The maximum absolute atomic E-state index is 13.0. The summed E-state index contributed by atoms with van der Waals surface area (Å²) in [5, 5.41) is 0. The Morgan fingerprint density at radius 3 is 2.32 bits per heavy atom. The van der Waals surface area contributed by atoms with Crippen molar-refractivity contribution in [2.45, 2.75) is 25.7 Å². The number of benzene rings is 2. The SMILES string of the molecule is COc1ccc(-c2cc(C)nc(C3CCN(C(=O)c4ccccc4OC)CC3)c2)cc1. The average molecular weight is 417 g/mol. The van der Waals surface area contributed by atoms with Gasteiger partial charge in [-0.2, -0.15) is 0 Å². The Bertz CT molecular complexity index is 1050. The lowest BCUT2D eigenvalue weighted by Crippen LogP contribution is -2.38. The van der Waals surface area contributed by atoms with Gasteiger partial charge in [-0.3, -0.25) is 9.78 Å². The second-order valence-corrected chi connectivity index (χ2v) is 7.92. The second kappa shape index (κ2) is 9.21. The molecule has 2 aromatic carbocycles. The summed E-state index contributed by atoms with van der Waals surface area (Å²) in [4.78, 5) is 19.7. The number of nitrogens with zero attached hydrogens (tertiary/aromatic N) is 2. The maximum atomic E-state index is 13.0. The van der Waals surface area contributed by atoms with Gasteiger partial charge >= 0.3 is 0 Å². The standard InChI is InChI=1S/C26H28N2O3/c1-18-16-21(19-8-10-22(30-2)11-9-19)17-24(27-18)20-12-14-28(15-13-20)26(29)23-6-4-5-7-25(23)31-3/h4-11,16-17,20H,12-15H2,1-3H3. The molecule has 4 rings (SSSR count). The Labute approximate surface area is 183 Å². The molecule has 0 N–H and O–H groups in total. The molecule has 1 aliphatic heterocycles. The number of hydrogen-bond acceptors (Lipinski definition) is 4. The second-order valence-electron chi connectivity index (χ2n) is 7.92. The average Bonchev–Trinajstić information content (AvgIpc) is 2.83. The van der Waals surface area contributed by atoms with E-state index in [1.54, 1.807) is 14.2 Å². The van der Waals surface area contributed by atoms with Gasteiger partial charge in [0.1, 0.15) is 11.5 Å². The highest BCUT2D eigenvalue weighted by Gasteiger charge is 2.27. The summed E-state index contributed by atoms with van der Waals surface area (Å²) < 4.78 is 10.6. The van der Waals surface area contributed by atoms with Crippen LogP contribution in [0.3, 0.4) is 0 Å². The van der Waals surface area contributed by atoms with Gasteiger partial charge in [-0.05, 0) is 67.3 Å². The van der Waals surface area contributed by atoms with Crippen molar-refractivity contribution in [2.75, 3.05) is 27.3 Å². The molecule has 0 bridgehead atoms. The van der Waals surface area contributed by atoms with Crippen molar-refractivity contribution in [3.05, 3.63) is 77.6 Å². The molecule has 2 heterocycles. The molecule has 160 valence electrons. The van der Waals surface area contributed by atoms with E-state index < -0.39 is 0 Å². The van der Waals surface area contributed by atoms with Gasteiger partial charge in [-0.25, -0.2) is 0 Å². The summed E-state index contributed by atoms with van der Waals surface area (Å²) in [5.41, 5.74) is 5.05. The summed E-state index contributed by atoms with van der Waals surface area (Å²) >= 11 is 0. The Morgan fingerprint density at radius 2 is 1.65 bits per heavy atom. The third-order valence-electron chi connectivity index (χ3n) is 5.93. The molecule has 1 saturated heterocycles. The van der Waals surface area contributed by atoms with Crippen LogP contribution in [0.15, 0.2) is 60.7 Å². The maximum Gasteiger partial charge on any atom is 0.257 e. The van der Waals surface area contributed by atoms with Crippen molar-refractivity contribution >= 4 is 5.91 Å². The number of amides is 1. The minimum absolute atomic E-state index is 0.0343. The summed E-state index contributed by atoms with van der Waals surface area (Å²) in [6, 6.07) is 19.8. The van der Waals surface area contributed by atoms with Crippen molar-refractivity contribution < 1.29 is 14.3 Å². The van der Waals surface area contributed by atoms with E-state index in [0.29, 0.717) is 17.2 Å². The number of carbonyl (C=O) groups is 1. The topological polar surface area (TPSA) is 51.7 Å². The number of likely N-dealkylation sites (tertiary alicyclic amines) is 1. The van der Waals surface area contributed by atoms with E-state index in [9.17, 15) is 4.79 Å². The molecule has 5 nitrogen and oxygen atoms in total. The molecule has 0 atom stereocenters. The molecule has 31 heavy (non-hydrogen) atoms. The largest absolute Gasteiger partial charge is 0.497 e. The van der Waals surface area contributed by atoms with Gasteiger partial charge in [0, 0.05) is 30.4 Å². The van der Waals surface area contributed by atoms with E-state index in [0.717, 1.165) is 54.2 Å². The fourth-order valence-electron chi connectivity index (χ4n) is 4.22. The van der Waals surface area contributed by atoms with E-state index in [-0.39, 0.29) is 5.91 Å². The number of rotatable bonds is 5. The molecular weight excluding hydrogens is 388 g/mol. The zero-order valence-electron chi connectivity index (χ0n) is 18.3. The van der Waals surface area contributed by atoms with Gasteiger partial charge < -0.3 is 14.4 Å². The first kappa shape index (κ1) is 20.9. The Morgan fingerprint density at radius 1 is 0.935 bits per heavy atom. The molecule has 3 aromatic rings. The zero-order chi connectivity index (χ0) is 21.8. The zero-order valence-corrected chi connectivity index (χ0v) is 18.3.